The third kappa shape index (κ3) is 6.86. The van der Waals surface area contributed by atoms with Gasteiger partial charge in [0.25, 0.3) is 5.91 Å². The van der Waals surface area contributed by atoms with Crippen molar-refractivity contribution in [3.63, 3.8) is 0 Å². The summed E-state index contributed by atoms with van der Waals surface area (Å²) in [5, 5.41) is 15.4. The molecule has 4 aromatic carbocycles. The van der Waals surface area contributed by atoms with Gasteiger partial charge in [-0.05, 0) is 78.0 Å². The van der Waals surface area contributed by atoms with E-state index in [1.54, 1.807) is 24.0 Å². The Hall–Kier alpha value is -5.43. The lowest BCUT2D eigenvalue weighted by atomic mass is 9.82. The number of aliphatic hydroxyl groups is 1. The van der Waals surface area contributed by atoms with Gasteiger partial charge in [0.15, 0.2) is 5.60 Å². The van der Waals surface area contributed by atoms with E-state index in [-0.39, 0.29) is 61.2 Å². The molecule has 0 saturated carbocycles. The molecule has 2 saturated heterocycles. The zero-order chi connectivity index (χ0) is 40.8. The molecule has 3 N–H and O–H groups in total. The minimum absolute atomic E-state index is 0.0629. The van der Waals surface area contributed by atoms with Gasteiger partial charge in [0.1, 0.15) is 11.5 Å². The SMILES string of the molecule is COc1ccc([Si](C)(C)[C@@H]2[C@@H](CC(=O)N3CCC[C@H]3CO)O[C@]3(C(=O)N(Cc4cccc(NC(=O)Cc5c[nH]c6ccccc56)c4)c4ccc(OC)cc43)[C@H]2C)cc1. The fourth-order valence-electron chi connectivity index (χ4n) is 10.0. The molecule has 5 atom stereocenters. The number of nitrogens with one attached hydrogen (secondary N) is 2. The summed E-state index contributed by atoms with van der Waals surface area (Å²) in [4.78, 5) is 49.6. The molecule has 302 valence electrons. The van der Waals surface area contributed by atoms with Crippen LogP contribution in [0.1, 0.15) is 42.9 Å². The van der Waals surface area contributed by atoms with Gasteiger partial charge in [-0.3, -0.25) is 14.4 Å². The number of hydrogen-bond donors (Lipinski definition) is 3. The van der Waals surface area contributed by atoms with E-state index < -0.39 is 19.8 Å². The second-order valence-corrected chi connectivity index (χ2v) is 21.2. The van der Waals surface area contributed by atoms with Crippen LogP contribution in [0.4, 0.5) is 11.4 Å². The van der Waals surface area contributed by atoms with Gasteiger partial charge in [-0.15, -0.1) is 0 Å². The molecular formula is C46H52N4O7Si. The molecular weight excluding hydrogens is 749 g/mol. The first-order chi connectivity index (χ1) is 28.0. The van der Waals surface area contributed by atoms with Crippen molar-refractivity contribution in [2.75, 3.05) is 37.6 Å². The van der Waals surface area contributed by atoms with E-state index in [9.17, 15) is 14.7 Å². The third-order valence-corrected chi connectivity index (χ3v) is 17.3. The average molecular weight is 801 g/mol. The number of aromatic amines is 1. The Balaban J connectivity index is 1.12. The van der Waals surface area contributed by atoms with Crippen LogP contribution >= 0.6 is 0 Å². The van der Waals surface area contributed by atoms with Gasteiger partial charge in [-0.2, -0.15) is 0 Å². The lowest BCUT2D eigenvalue weighted by Gasteiger charge is -2.37. The third-order valence-electron chi connectivity index (χ3n) is 12.9. The number of ether oxygens (including phenoxy) is 3. The molecule has 4 heterocycles. The number of benzene rings is 4. The number of carbonyl (C=O) groups excluding carboxylic acids is 3. The molecule has 2 fully saturated rings. The topological polar surface area (TPSA) is 133 Å². The van der Waals surface area contributed by atoms with Gasteiger partial charge in [-0.1, -0.05) is 67.7 Å². The van der Waals surface area contributed by atoms with Crippen molar-refractivity contribution < 1.29 is 33.7 Å². The number of aliphatic hydroxyl groups excluding tert-OH is 1. The van der Waals surface area contributed by atoms with Gasteiger partial charge < -0.3 is 39.4 Å². The predicted molar refractivity (Wildman–Crippen MR) is 227 cm³/mol. The van der Waals surface area contributed by atoms with E-state index in [4.69, 9.17) is 14.2 Å². The van der Waals surface area contributed by atoms with E-state index in [1.165, 1.54) is 5.19 Å². The molecule has 58 heavy (non-hydrogen) atoms. The Morgan fingerprint density at radius 3 is 2.50 bits per heavy atom. The van der Waals surface area contributed by atoms with Crippen LogP contribution < -0.4 is 24.9 Å². The molecule has 0 unspecified atom stereocenters. The summed E-state index contributed by atoms with van der Waals surface area (Å²) >= 11 is 0. The van der Waals surface area contributed by atoms with E-state index in [0.29, 0.717) is 18.0 Å². The molecule has 0 radical (unpaired) electrons. The quantitative estimate of drug-likeness (QED) is 0.123. The monoisotopic (exact) mass is 800 g/mol. The van der Waals surface area contributed by atoms with Crippen molar-refractivity contribution >= 4 is 53.3 Å². The van der Waals surface area contributed by atoms with E-state index >= 15 is 4.79 Å². The number of hydrogen-bond acceptors (Lipinski definition) is 7. The van der Waals surface area contributed by atoms with Gasteiger partial charge >= 0.3 is 0 Å². The smallest absolute Gasteiger partial charge is 0.264 e. The summed E-state index contributed by atoms with van der Waals surface area (Å²) in [7, 11) is 0.748. The van der Waals surface area contributed by atoms with Crippen LogP contribution in [-0.4, -0.2) is 80.3 Å². The molecule has 3 amide bonds. The highest BCUT2D eigenvalue weighted by Crippen LogP contribution is 2.60. The summed E-state index contributed by atoms with van der Waals surface area (Å²) in [6, 6.07) is 29.1. The summed E-state index contributed by atoms with van der Waals surface area (Å²) in [6.07, 6.45) is 3.23. The number of methoxy groups -OCH3 is 2. The lowest BCUT2D eigenvalue weighted by molar-refractivity contribution is -0.150. The second kappa shape index (κ2) is 15.7. The number of aromatic nitrogens is 1. The van der Waals surface area contributed by atoms with Crippen molar-refractivity contribution in [3.05, 3.63) is 114 Å². The largest absolute Gasteiger partial charge is 0.497 e. The van der Waals surface area contributed by atoms with Crippen molar-refractivity contribution in [2.24, 2.45) is 5.92 Å². The molecule has 11 nitrogen and oxygen atoms in total. The zero-order valence-electron chi connectivity index (χ0n) is 33.8. The maximum atomic E-state index is 15.4. The number of amides is 3. The van der Waals surface area contributed by atoms with Gasteiger partial charge in [0, 0.05) is 40.8 Å². The first kappa shape index (κ1) is 39.4. The minimum Gasteiger partial charge on any atom is -0.497 e. The highest BCUT2D eigenvalue weighted by molar-refractivity contribution is 6.91. The lowest BCUT2D eigenvalue weighted by Crippen LogP contribution is -2.52. The van der Waals surface area contributed by atoms with Gasteiger partial charge in [-0.25, -0.2) is 0 Å². The number of fused-ring (bicyclic) bond motifs is 3. The van der Waals surface area contributed by atoms with E-state index in [0.717, 1.165) is 51.9 Å². The van der Waals surface area contributed by atoms with Crippen molar-refractivity contribution in [1.82, 2.24) is 9.88 Å². The van der Waals surface area contributed by atoms with Crippen LogP contribution in [0.3, 0.4) is 0 Å². The summed E-state index contributed by atoms with van der Waals surface area (Å²) in [6.45, 7) is 7.45. The maximum Gasteiger partial charge on any atom is 0.264 e. The Labute approximate surface area is 340 Å². The number of anilines is 2. The van der Waals surface area contributed by atoms with Crippen molar-refractivity contribution in [3.8, 4) is 11.5 Å². The van der Waals surface area contributed by atoms with Crippen LogP contribution in [-0.2, 0) is 37.7 Å². The standard InChI is InChI=1S/C46H52N4O7Si/c1-29-44(58(4,5)36-18-15-34(55-2)16-19-36)41(25-43(53)49-21-9-12-33(49)28-51)57-46(29)38-24-35(56-3)17-20-40(38)50(45(46)54)27-30-10-8-11-32(22-30)48-42(52)23-31-26-47-39-14-7-6-13-37(31)39/h6-8,10-11,13-20,22,24,26,29,33,41,44,47,51H,9,12,21,23,25,27-28H2,1-5H3,(H,48,52)/t29-,33-,41+,44-,46+/m0/s1. The Kier molecular flexibility index (Phi) is 10.7. The molecule has 12 heteroatoms. The Morgan fingerprint density at radius 2 is 1.74 bits per heavy atom. The molecule has 1 aromatic heterocycles. The zero-order valence-corrected chi connectivity index (χ0v) is 34.8. The maximum absolute atomic E-state index is 15.4. The van der Waals surface area contributed by atoms with Crippen LogP contribution in [0.25, 0.3) is 10.9 Å². The highest BCUT2D eigenvalue weighted by Gasteiger charge is 2.66. The molecule has 1 spiro atoms. The predicted octanol–water partition coefficient (Wildman–Crippen LogP) is 6.50. The number of para-hydroxylation sites is 1. The number of likely N-dealkylation sites (tertiary alicyclic amines) is 1. The summed E-state index contributed by atoms with van der Waals surface area (Å²) in [5.41, 5.74) is 3.29. The fraction of sp³-hybridized carbons (Fsp3) is 0.370. The van der Waals surface area contributed by atoms with Gasteiger partial charge in [0.05, 0.1) is 66.1 Å². The Bertz CT molecular complexity index is 2340. The first-order valence-electron chi connectivity index (χ1n) is 20.2. The Morgan fingerprint density at radius 1 is 0.983 bits per heavy atom. The van der Waals surface area contributed by atoms with Crippen LogP contribution in [0.5, 0.6) is 11.5 Å². The number of carbonyl (C=O) groups is 3. The van der Waals surface area contributed by atoms with Crippen LogP contribution in [0.2, 0.25) is 18.6 Å². The van der Waals surface area contributed by atoms with Crippen LogP contribution in [0.15, 0.2) is 97.2 Å². The molecule has 5 aromatic rings. The first-order valence-corrected chi connectivity index (χ1v) is 23.2. The average Bonchev–Trinajstić information content (AvgIpc) is 3.99. The highest BCUT2D eigenvalue weighted by atomic mass is 28.3. The minimum atomic E-state index is -2.51. The molecule has 0 bridgehead atoms. The van der Waals surface area contributed by atoms with Crippen molar-refractivity contribution in [2.45, 2.75) is 75.5 Å². The molecule has 8 rings (SSSR count). The normalized spacial score (nSPS) is 22.8. The van der Waals surface area contributed by atoms with Crippen molar-refractivity contribution in [1.29, 1.82) is 0 Å². The number of H-pyrrole nitrogens is 1. The fourth-order valence-corrected chi connectivity index (χ4v) is 14.0. The van der Waals surface area contributed by atoms with E-state index in [1.807, 2.05) is 85.1 Å². The summed E-state index contributed by atoms with van der Waals surface area (Å²) < 4.78 is 18.5. The summed E-state index contributed by atoms with van der Waals surface area (Å²) in [5.74, 6) is 0.655. The number of nitrogens with zero attached hydrogens (tertiary/aromatic N) is 2. The molecule has 3 aliphatic rings. The second-order valence-electron chi connectivity index (χ2n) is 16.5. The number of rotatable bonds is 12. The molecule has 3 aliphatic heterocycles. The van der Waals surface area contributed by atoms with Crippen LogP contribution in [0, 0.1) is 5.92 Å². The molecule has 0 aliphatic carbocycles. The van der Waals surface area contributed by atoms with E-state index in [2.05, 4.69) is 42.5 Å². The van der Waals surface area contributed by atoms with Gasteiger partial charge in [0.2, 0.25) is 11.8 Å².